The second kappa shape index (κ2) is 10.4. The molecule has 0 saturated carbocycles. The van der Waals surface area contributed by atoms with Crippen LogP contribution in [-0.4, -0.2) is 64.4 Å². The number of hydrogen-bond acceptors (Lipinski definition) is 10. The fraction of sp³-hybridized carbons (Fsp3) is 0.333. The Morgan fingerprint density at radius 3 is 2.50 bits per heavy atom. The standard InChI is InChI=1S/C30H31ClF2N10S/c1-14(18-11-37-42(6)26(18)35)41(5)28-16-9-19(31)22(15-7-8-20(32)25-21(15)17(10-34)27(36)44-25)23(33)24(16)38-29(39-28)43-12-30(2,13-43)40(3)4/h7-9,11,14H,12-13,35-36H2,1-6H3. The van der Waals surface area contributed by atoms with Gasteiger partial charge in [0.05, 0.1) is 33.1 Å². The van der Waals surface area contributed by atoms with E-state index in [9.17, 15) is 9.65 Å². The van der Waals surface area contributed by atoms with Gasteiger partial charge in [-0.15, -0.1) is 11.3 Å². The first-order chi connectivity index (χ1) is 20.8. The maximum Gasteiger partial charge on any atom is 0.228 e. The number of nitriles is 1. The molecule has 6 rings (SSSR count). The van der Waals surface area contributed by atoms with Gasteiger partial charge in [-0.2, -0.15) is 15.3 Å². The maximum absolute atomic E-state index is 16.9. The van der Waals surface area contributed by atoms with E-state index in [1.54, 1.807) is 24.0 Å². The molecular weight excluding hydrogens is 606 g/mol. The highest BCUT2D eigenvalue weighted by Crippen LogP contribution is 2.46. The van der Waals surface area contributed by atoms with Crippen LogP contribution in [0.25, 0.3) is 32.1 Å². The van der Waals surface area contributed by atoms with E-state index >= 15 is 4.39 Å². The van der Waals surface area contributed by atoms with E-state index in [1.165, 1.54) is 12.1 Å². The first-order valence-electron chi connectivity index (χ1n) is 13.8. The van der Waals surface area contributed by atoms with E-state index in [-0.39, 0.29) is 53.9 Å². The van der Waals surface area contributed by atoms with Gasteiger partial charge < -0.3 is 26.2 Å². The lowest BCUT2D eigenvalue weighted by Crippen LogP contribution is -2.67. The molecule has 0 bridgehead atoms. The number of nitrogens with two attached hydrogens (primary N) is 2. The smallest absolute Gasteiger partial charge is 0.228 e. The summed E-state index contributed by atoms with van der Waals surface area (Å²) in [6.45, 7) is 5.38. The molecule has 1 aliphatic heterocycles. The molecule has 1 unspecified atom stereocenters. The van der Waals surface area contributed by atoms with Crippen molar-refractivity contribution in [1.82, 2.24) is 24.6 Å². The van der Waals surface area contributed by atoms with Gasteiger partial charge in [0.25, 0.3) is 0 Å². The molecule has 5 aromatic rings. The number of hydrogen-bond donors (Lipinski definition) is 2. The molecule has 1 fully saturated rings. The van der Waals surface area contributed by atoms with Gasteiger partial charge >= 0.3 is 0 Å². The predicted octanol–water partition coefficient (Wildman–Crippen LogP) is 5.55. The minimum atomic E-state index is -0.711. The van der Waals surface area contributed by atoms with Gasteiger partial charge in [0, 0.05) is 49.1 Å². The number of aromatic nitrogens is 4. The van der Waals surface area contributed by atoms with Crippen LogP contribution in [0.2, 0.25) is 5.02 Å². The number of aryl methyl sites for hydroxylation is 1. The van der Waals surface area contributed by atoms with Gasteiger partial charge in [0.1, 0.15) is 34.0 Å². The molecule has 10 nitrogen and oxygen atoms in total. The third-order valence-electron chi connectivity index (χ3n) is 8.86. The molecule has 228 valence electrons. The first kappa shape index (κ1) is 29.8. The second-order valence-electron chi connectivity index (χ2n) is 11.7. The number of fused-ring (bicyclic) bond motifs is 2. The summed E-state index contributed by atoms with van der Waals surface area (Å²) in [5.41, 5.74) is 13.4. The van der Waals surface area contributed by atoms with Crippen LogP contribution in [0.5, 0.6) is 0 Å². The van der Waals surface area contributed by atoms with E-state index in [4.69, 9.17) is 33.0 Å². The monoisotopic (exact) mass is 636 g/mol. The van der Waals surface area contributed by atoms with Crippen molar-refractivity contribution >= 4 is 66.5 Å². The molecule has 1 aliphatic rings. The zero-order valence-corrected chi connectivity index (χ0v) is 26.6. The molecule has 0 spiro atoms. The zero-order valence-electron chi connectivity index (χ0n) is 25.1. The summed E-state index contributed by atoms with van der Waals surface area (Å²) >= 11 is 7.77. The van der Waals surface area contributed by atoms with Crippen LogP contribution in [0.4, 0.5) is 31.4 Å². The van der Waals surface area contributed by atoms with E-state index < -0.39 is 11.6 Å². The van der Waals surface area contributed by atoms with Crippen LogP contribution in [0.1, 0.15) is 31.0 Å². The van der Waals surface area contributed by atoms with Gasteiger partial charge in [-0.1, -0.05) is 17.7 Å². The van der Waals surface area contributed by atoms with Crippen LogP contribution in [-0.2, 0) is 7.05 Å². The topological polar surface area (TPSA) is 129 Å². The van der Waals surface area contributed by atoms with Crippen molar-refractivity contribution in [3.63, 3.8) is 0 Å². The Balaban J connectivity index is 1.59. The number of benzene rings is 2. The molecule has 44 heavy (non-hydrogen) atoms. The summed E-state index contributed by atoms with van der Waals surface area (Å²) in [6, 6.07) is 6.00. The molecule has 1 saturated heterocycles. The Morgan fingerprint density at radius 2 is 1.89 bits per heavy atom. The highest BCUT2D eigenvalue weighted by molar-refractivity contribution is 7.23. The van der Waals surface area contributed by atoms with Gasteiger partial charge in [-0.25, -0.2) is 13.8 Å². The summed E-state index contributed by atoms with van der Waals surface area (Å²) in [6.07, 6.45) is 1.70. The van der Waals surface area contributed by atoms with E-state index in [2.05, 4.69) is 16.9 Å². The minimum Gasteiger partial charge on any atom is -0.389 e. The Labute approximate surface area is 262 Å². The average Bonchev–Trinajstić information content (AvgIpc) is 3.49. The molecule has 14 heteroatoms. The molecule has 4 heterocycles. The van der Waals surface area contributed by atoms with Crippen LogP contribution in [0, 0.1) is 23.0 Å². The quantitative estimate of drug-likeness (QED) is 0.246. The van der Waals surface area contributed by atoms with Crippen LogP contribution in [0.15, 0.2) is 24.4 Å². The molecule has 0 radical (unpaired) electrons. The van der Waals surface area contributed by atoms with Crippen molar-refractivity contribution in [1.29, 1.82) is 5.26 Å². The third-order valence-corrected chi connectivity index (χ3v) is 10.2. The van der Waals surface area contributed by atoms with Crippen LogP contribution in [0.3, 0.4) is 0 Å². The Morgan fingerprint density at radius 1 is 1.18 bits per heavy atom. The third kappa shape index (κ3) is 4.39. The van der Waals surface area contributed by atoms with Crippen LogP contribution < -0.4 is 21.3 Å². The average molecular weight is 637 g/mol. The summed E-state index contributed by atoms with van der Waals surface area (Å²) in [7, 11) is 7.64. The molecular formula is C30H31ClF2N10S. The van der Waals surface area contributed by atoms with Gasteiger partial charge in [0.15, 0.2) is 5.82 Å². The van der Waals surface area contributed by atoms with Gasteiger partial charge in [-0.3, -0.25) is 4.68 Å². The summed E-state index contributed by atoms with van der Waals surface area (Å²) in [5.74, 6) is 0.0461. The molecule has 0 amide bonds. The molecule has 0 aliphatic carbocycles. The summed E-state index contributed by atoms with van der Waals surface area (Å²) < 4.78 is 33.5. The summed E-state index contributed by atoms with van der Waals surface area (Å²) in [4.78, 5) is 15.7. The van der Waals surface area contributed by atoms with Crippen molar-refractivity contribution in [2.45, 2.75) is 25.4 Å². The highest BCUT2D eigenvalue weighted by Gasteiger charge is 2.42. The van der Waals surface area contributed by atoms with Crippen molar-refractivity contribution in [3.05, 3.63) is 52.2 Å². The molecule has 3 aromatic heterocycles. The second-order valence-corrected chi connectivity index (χ2v) is 13.1. The molecule has 2 aromatic carbocycles. The number of rotatable bonds is 6. The zero-order chi connectivity index (χ0) is 31.8. The first-order valence-corrected chi connectivity index (χ1v) is 15.0. The van der Waals surface area contributed by atoms with E-state index in [0.29, 0.717) is 36.1 Å². The lowest BCUT2D eigenvalue weighted by atomic mass is 9.91. The normalized spacial score (nSPS) is 15.2. The van der Waals surface area contributed by atoms with Crippen molar-refractivity contribution in [2.75, 3.05) is 55.5 Å². The minimum absolute atomic E-state index is 0.00279. The van der Waals surface area contributed by atoms with Crippen molar-refractivity contribution in [3.8, 4) is 17.2 Å². The van der Waals surface area contributed by atoms with Gasteiger partial charge in [-0.05, 0) is 45.6 Å². The van der Waals surface area contributed by atoms with Crippen molar-refractivity contribution < 1.29 is 8.78 Å². The van der Waals surface area contributed by atoms with Gasteiger partial charge in [0.2, 0.25) is 5.95 Å². The summed E-state index contributed by atoms with van der Waals surface area (Å²) in [5, 5.41) is 14.9. The van der Waals surface area contributed by atoms with Crippen molar-refractivity contribution in [2.24, 2.45) is 7.05 Å². The van der Waals surface area contributed by atoms with Crippen LogP contribution >= 0.6 is 22.9 Å². The van der Waals surface area contributed by atoms with E-state index in [0.717, 1.165) is 16.9 Å². The Hall–Kier alpha value is -4.25. The number of likely N-dealkylation sites (N-methyl/N-ethyl adjacent to an activating group) is 1. The van der Waals surface area contributed by atoms with E-state index in [1.807, 2.05) is 43.9 Å². The fourth-order valence-electron chi connectivity index (χ4n) is 5.71. The lowest BCUT2D eigenvalue weighted by molar-refractivity contribution is 0.132. The molecule has 1 atom stereocenters. The lowest BCUT2D eigenvalue weighted by Gasteiger charge is -2.52. The SMILES string of the molecule is CC(c1cnn(C)c1N)N(C)c1nc(N2CC(C)(N(C)C)C2)nc2c(F)c(-c3ccc(F)c4sc(N)c(C#N)c34)c(Cl)cc12. The predicted molar refractivity (Wildman–Crippen MR) is 173 cm³/mol. The number of halogens is 3. The Kier molecular flexibility index (Phi) is 7.07. The number of nitrogens with zero attached hydrogens (tertiary/aromatic N) is 8. The Bertz CT molecular complexity index is 2010. The number of anilines is 4. The largest absolute Gasteiger partial charge is 0.389 e. The number of nitrogen functional groups attached to an aromatic ring is 2. The molecule has 4 N–H and O–H groups in total. The fourth-order valence-corrected chi connectivity index (χ4v) is 6.96. The maximum atomic E-state index is 16.9. The number of thiophene rings is 1. The highest BCUT2D eigenvalue weighted by atomic mass is 35.5.